The Hall–Kier alpha value is -2.71. The monoisotopic (exact) mass is 358 g/mol. The molecule has 1 aromatic heterocycles. The number of aromatic nitrogens is 2. The highest BCUT2D eigenvalue weighted by Crippen LogP contribution is 2.16. The van der Waals surface area contributed by atoms with E-state index in [0.717, 1.165) is 12.1 Å². The van der Waals surface area contributed by atoms with Gasteiger partial charge < -0.3 is 14.7 Å². The molecule has 0 radical (unpaired) electrons. The molecule has 1 unspecified atom stereocenters. The largest absolute Gasteiger partial charge is 0.478 e. The first kappa shape index (κ1) is 18.1. The molecule has 1 N–H and O–H groups in total. The normalized spacial score (nSPS) is 17.8. The van der Waals surface area contributed by atoms with Gasteiger partial charge in [0.15, 0.2) is 0 Å². The lowest BCUT2D eigenvalue weighted by molar-refractivity contribution is -0.147. The van der Waals surface area contributed by atoms with E-state index in [4.69, 9.17) is 4.74 Å². The number of rotatable bonds is 5. The molecule has 8 heteroatoms. The number of likely N-dealkylation sites (N-methyl/N-ethyl adjacent to an activating group) is 1. The number of hydrogen-bond acceptors (Lipinski definition) is 5. The predicted octanol–water partition coefficient (Wildman–Crippen LogP) is 0.859. The Labute approximate surface area is 151 Å². The van der Waals surface area contributed by atoms with Gasteiger partial charge in [-0.1, -0.05) is 12.1 Å². The molecule has 0 spiro atoms. The molecule has 1 atom stereocenters. The maximum Gasteiger partial charge on any atom is 0.337 e. The van der Waals surface area contributed by atoms with Crippen LogP contribution in [0.2, 0.25) is 0 Å². The third kappa shape index (κ3) is 3.92. The number of aromatic carboxylic acids is 1. The summed E-state index contributed by atoms with van der Waals surface area (Å²) in [6, 6.07) is 6.74. The van der Waals surface area contributed by atoms with E-state index in [1.807, 2.05) is 6.20 Å². The SMILES string of the molecule is CN(C)C(=O)C1CN(Cc2cnn(-c3ccccc3C(=O)O)c2)CCO1. The van der Waals surface area contributed by atoms with Gasteiger partial charge in [0.05, 0.1) is 24.1 Å². The summed E-state index contributed by atoms with van der Waals surface area (Å²) in [5.41, 5.74) is 1.67. The Morgan fingerprint density at radius 1 is 1.35 bits per heavy atom. The van der Waals surface area contributed by atoms with Crippen molar-refractivity contribution < 1.29 is 19.4 Å². The molecule has 26 heavy (non-hydrogen) atoms. The molecule has 138 valence electrons. The summed E-state index contributed by atoms with van der Waals surface area (Å²) in [6.07, 6.45) is 3.08. The predicted molar refractivity (Wildman–Crippen MR) is 94.2 cm³/mol. The van der Waals surface area contributed by atoms with Crippen molar-refractivity contribution in [3.63, 3.8) is 0 Å². The van der Waals surface area contributed by atoms with Gasteiger partial charge in [-0.2, -0.15) is 5.10 Å². The van der Waals surface area contributed by atoms with Gasteiger partial charge in [0, 0.05) is 45.5 Å². The maximum absolute atomic E-state index is 12.1. The summed E-state index contributed by atoms with van der Waals surface area (Å²) < 4.78 is 7.14. The standard InChI is InChI=1S/C18H22N4O4/c1-20(2)17(23)16-12-21(7-8-26-16)10-13-9-19-22(11-13)15-6-4-3-5-14(15)18(24)25/h3-6,9,11,16H,7-8,10,12H2,1-2H3,(H,24,25). The number of benzene rings is 1. The summed E-state index contributed by atoms with van der Waals surface area (Å²) in [5, 5.41) is 13.6. The van der Waals surface area contributed by atoms with E-state index >= 15 is 0 Å². The van der Waals surface area contributed by atoms with Gasteiger partial charge in [0.2, 0.25) is 0 Å². The second kappa shape index (κ2) is 7.67. The minimum absolute atomic E-state index is 0.0409. The van der Waals surface area contributed by atoms with Crippen LogP contribution in [0, 0.1) is 0 Å². The molecule has 0 aliphatic carbocycles. The van der Waals surface area contributed by atoms with Crippen LogP contribution >= 0.6 is 0 Å². The minimum Gasteiger partial charge on any atom is -0.478 e. The molecule has 2 aromatic rings. The van der Waals surface area contributed by atoms with E-state index < -0.39 is 12.1 Å². The number of ether oxygens (including phenoxy) is 1. The third-order valence-electron chi connectivity index (χ3n) is 4.29. The fourth-order valence-electron chi connectivity index (χ4n) is 2.97. The molecule has 2 heterocycles. The average molecular weight is 358 g/mol. The van der Waals surface area contributed by atoms with Gasteiger partial charge in [-0.3, -0.25) is 9.69 Å². The second-order valence-electron chi connectivity index (χ2n) is 6.44. The smallest absolute Gasteiger partial charge is 0.337 e. The first-order chi connectivity index (χ1) is 12.5. The number of para-hydroxylation sites is 1. The van der Waals surface area contributed by atoms with Crippen LogP contribution in [-0.4, -0.2) is 76.5 Å². The molecule has 1 saturated heterocycles. The van der Waals surface area contributed by atoms with Crippen molar-refractivity contribution in [3.8, 4) is 5.69 Å². The third-order valence-corrected chi connectivity index (χ3v) is 4.29. The van der Waals surface area contributed by atoms with Crippen molar-refractivity contribution in [3.05, 3.63) is 47.8 Å². The van der Waals surface area contributed by atoms with Crippen molar-refractivity contribution in [1.29, 1.82) is 0 Å². The van der Waals surface area contributed by atoms with E-state index in [1.54, 1.807) is 49.2 Å². The van der Waals surface area contributed by atoms with E-state index in [-0.39, 0.29) is 11.5 Å². The van der Waals surface area contributed by atoms with E-state index in [2.05, 4.69) is 10.00 Å². The van der Waals surface area contributed by atoms with Crippen molar-refractivity contribution >= 4 is 11.9 Å². The molecule has 8 nitrogen and oxygen atoms in total. The number of carboxylic acids is 1. The highest BCUT2D eigenvalue weighted by atomic mass is 16.5. The van der Waals surface area contributed by atoms with Gasteiger partial charge >= 0.3 is 5.97 Å². The Morgan fingerprint density at radius 2 is 2.12 bits per heavy atom. The van der Waals surface area contributed by atoms with E-state index in [9.17, 15) is 14.7 Å². The number of hydrogen-bond donors (Lipinski definition) is 1. The summed E-state index contributed by atoms with van der Waals surface area (Å²) in [7, 11) is 3.43. The highest BCUT2D eigenvalue weighted by molar-refractivity contribution is 5.91. The van der Waals surface area contributed by atoms with Crippen molar-refractivity contribution in [2.24, 2.45) is 0 Å². The molecular formula is C18H22N4O4. The van der Waals surface area contributed by atoms with Gasteiger partial charge in [-0.05, 0) is 12.1 Å². The molecule has 1 amide bonds. The Balaban J connectivity index is 1.71. The molecule has 1 aliphatic heterocycles. The molecule has 1 fully saturated rings. The number of amides is 1. The van der Waals surface area contributed by atoms with Crippen LogP contribution in [0.1, 0.15) is 15.9 Å². The number of nitrogens with zero attached hydrogens (tertiary/aromatic N) is 4. The lowest BCUT2D eigenvalue weighted by Crippen LogP contribution is -2.49. The molecule has 1 aliphatic rings. The summed E-state index contributed by atoms with van der Waals surface area (Å²) in [6.45, 7) is 2.37. The quantitative estimate of drug-likeness (QED) is 0.853. The van der Waals surface area contributed by atoms with Crippen LogP contribution in [0.5, 0.6) is 0 Å². The summed E-state index contributed by atoms with van der Waals surface area (Å²) >= 11 is 0. The van der Waals surface area contributed by atoms with Gasteiger partial charge in [0.1, 0.15) is 6.10 Å². The van der Waals surface area contributed by atoms with E-state index in [0.29, 0.717) is 25.4 Å². The number of carbonyl (C=O) groups excluding carboxylic acids is 1. The molecule has 1 aromatic carbocycles. The number of carbonyl (C=O) groups is 2. The van der Waals surface area contributed by atoms with Gasteiger partial charge in [0.25, 0.3) is 5.91 Å². The lowest BCUT2D eigenvalue weighted by Gasteiger charge is -2.32. The Morgan fingerprint density at radius 3 is 2.85 bits per heavy atom. The lowest BCUT2D eigenvalue weighted by atomic mass is 10.2. The average Bonchev–Trinajstić information content (AvgIpc) is 3.09. The van der Waals surface area contributed by atoms with Crippen LogP contribution in [0.25, 0.3) is 5.69 Å². The van der Waals surface area contributed by atoms with Crippen LogP contribution in [-0.2, 0) is 16.1 Å². The van der Waals surface area contributed by atoms with Gasteiger partial charge in [-0.15, -0.1) is 0 Å². The molecular weight excluding hydrogens is 336 g/mol. The zero-order valence-corrected chi connectivity index (χ0v) is 14.8. The molecule has 0 saturated carbocycles. The first-order valence-electron chi connectivity index (χ1n) is 8.37. The van der Waals surface area contributed by atoms with Crippen LogP contribution in [0.3, 0.4) is 0 Å². The van der Waals surface area contributed by atoms with Crippen LogP contribution in [0.4, 0.5) is 0 Å². The summed E-state index contributed by atoms with van der Waals surface area (Å²) in [5.74, 6) is -1.03. The number of carboxylic acid groups (broad SMARTS) is 1. The van der Waals surface area contributed by atoms with Crippen LogP contribution < -0.4 is 0 Å². The number of morpholine rings is 1. The van der Waals surface area contributed by atoms with Gasteiger partial charge in [-0.25, -0.2) is 9.48 Å². The van der Waals surface area contributed by atoms with Crippen molar-refractivity contribution in [1.82, 2.24) is 19.6 Å². The van der Waals surface area contributed by atoms with Crippen molar-refractivity contribution in [2.45, 2.75) is 12.6 Å². The van der Waals surface area contributed by atoms with Crippen LogP contribution in [0.15, 0.2) is 36.7 Å². The zero-order chi connectivity index (χ0) is 18.7. The molecule has 3 rings (SSSR count). The highest BCUT2D eigenvalue weighted by Gasteiger charge is 2.28. The first-order valence-corrected chi connectivity index (χ1v) is 8.37. The topological polar surface area (TPSA) is 87.9 Å². The Bertz CT molecular complexity index is 802. The minimum atomic E-state index is -0.990. The second-order valence-corrected chi connectivity index (χ2v) is 6.44. The fraction of sp³-hybridized carbons (Fsp3) is 0.389. The zero-order valence-electron chi connectivity index (χ0n) is 14.8. The van der Waals surface area contributed by atoms with E-state index in [1.165, 1.54) is 4.90 Å². The Kier molecular flexibility index (Phi) is 5.34. The maximum atomic E-state index is 12.1. The summed E-state index contributed by atoms with van der Waals surface area (Å²) in [4.78, 5) is 27.1. The van der Waals surface area contributed by atoms with Crippen molar-refractivity contribution in [2.75, 3.05) is 33.8 Å². The molecule has 0 bridgehead atoms. The fourth-order valence-corrected chi connectivity index (χ4v) is 2.97.